The third kappa shape index (κ3) is 4.67. The molecule has 0 aliphatic carbocycles. The highest BCUT2D eigenvalue weighted by Gasteiger charge is 2.39. The minimum absolute atomic E-state index is 0.0139. The zero-order valence-electron chi connectivity index (χ0n) is 13.2. The van der Waals surface area contributed by atoms with Crippen molar-refractivity contribution in [2.75, 3.05) is 11.5 Å². The summed E-state index contributed by atoms with van der Waals surface area (Å²) in [5.74, 6) is -1.19. The molecule has 1 fully saturated rings. The Bertz CT molecular complexity index is 753. The van der Waals surface area contributed by atoms with E-state index in [2.05, 4.69) is 10.6 Å². The SMILES string of the molecule is CC1(NC(=O)CC(NC(N)=O)c2ccccc2F)CCS(=O)(=O)C1. The van der Waals surface area contributed by atoms with Crippen LogP contribution in [0.4, 0.5) is 9.18 Å². The van der Waals surface area contributed by atoms with Gasteiger partial charge in [0.2, 0.25) is 5.91 Å². The molecule has 1 heterocycles. The fourth-order valence-corrected chi connectivity index (χ4v) is 4.94. The number of carbonyl (C=O) groups is 2. The predicted molar refractivity (Wildman–Crippen MR) is 86.3 cm³/mol. The Hall–Kier alpha value is -2.16. The van der Waals surface area contributed by atoms with E-state index in [-0.39, 0.29) is 23.5 Å². The van der Waals surface area contributed by atoms with Gasteiger partial charge in [-0.1, -0.05) is 18.2 Å². The van der Waals surface area contributed by atoms with Gasteiger partial charge in [-0.25, -0.2) is 17.6 Å². The summed E-state index contributed by atoms with van der Waals surface area (Å²) in [6.45, 7) is 1.65. The van der Waals surface area contributed by atoms with Crippen molar-refractivity contribution in [3.05, 3.63) is 35.6 Å². The number of nitrogens with two attached hydrogens (primary N) is 1. The van der Waals surface area contributed by atoms with E-state index >= 15 is 0 Å². The fraction of sp³-hybridized carbons (Fsp3) is 0.467. The number of benzene rings is 1. The summed E-state index contributed by atoms with van der Waals surface area (Å²) >= 11 is 0. The van der Waals surface area contributed by atoms with E-state index in [0.29, 0.717) is 6.42 Å². The molecule has 0 radical (unpaired) electrons. The second kappa shape index (κ2) is 6.76. The number of urea groups is 1. The summed E-state index contributed by atoms with van der Waals surface area (Å²) in [5.41, 5.74) is 4.37. The van der Waals surface area contributed by atoms with Crippen LogP contribution < -0.4 is 16.4 Å². The number of hydrogen-bond acceptors (Lipinski definition) is 4. The molecule has 9 heteroatoms. The summed E-state index contributed by atoms with van der Waals surface area (Å²) in [7, 11) is -3.17. The summed E-state index contributed by atoms with van der Waals surface area (Å²) in [6.07, 6.45) is 0.0637. The number of amides is 3. The smallest absolute Gasteiger partial charge is 0.312 e. The zero-order valence-corrected chi connectivity index (χ0v) is 14.0. The Morgan fingerprint density at radius 1 is 1.38 bits per heavy atom. The topological polar surface area (TPSA) is 118 Å². The van der Waals surface area contributed by atoms with Crippen molar-refractivity contribution in [2.24, 2.45) is 5.73 Å². The number of rotatable bonds is 5. The highest BCUT2D eigenvalue weighted by atomic mass is 32.2. The van der Waals surface area contributed by atoms with Gasteiger partial charge in [0.15, 0.2) is 9.84 Å². The lowest BCUT2D eigenvalue weighted by atomic mass is 9.99. The summed E-state index contributed by atoms with van der Waals surface area (Å²) in [5, 5.41) is 5.01. The Labute approximate surface area is 139 Å². The molecule has 4 N–H and O–H groups in total. The van der Waals surface area contributed by atoms with Crippen LogP contribution in [-0.2, 0) is 14.6 Å². The monoisotopic (exact) mass is 357 g/mol. The van der Waals surface area contributed by atoms with Gasteiger partial charge >= 0.3 is 6.03 Å². The maximum atomic E-state index is 13.9. The van der Waals surface area contributed by atoms with E-state index in [0.717, 1.165) is 0 Å². The number of hydrogen-bond donors (Lipinski definition) is 3. The molecule has 0 saturated carbocycles. The lowest BCUT2D eigenvalue weighted by Gasteiger charge is -2.26. The van der Waals surface area contributed by atoms with Crippen molar-refractivity contribution in [2.45, 2.75) is 31.3 Å². The van der Waals surface area contributed by atoms with E-state index in [9.17, 15) is 22.4 Å². The van der Waals surface area contributed by atoms with Gasteiger partial charge in [-0.3, -0.25) is 4.79 Å². The molecule has 1 saturated heterocycles. The molecule has 132 valence electrons. The quantitative estimate of drug-likeness (QED) is 0.716. The number of sulfone groups is 1. The van der Waals surface area contributed by atoms with Crippen LogP contribution in [0, 0.1) is 5.82 Å². The Morgan fingerprint density at radius 2 is 2.04 bits per heavy atom. The number of nitrogens with one attached hydrogen (secondary N) is 2. The van der Waals surface area contributed by atoms with Crippen molar-refractivity contribution < 1.29 is 22.4 Å². The van der Waals surface area contributed by atoms with E-state index in [4.69, 9.17) is 5.73 Å². The first-order chi connectivity index (χ1) is 11.1. The molecule has 0 spiro atoms. The standard InChI is InChI=1S/C15H20FN3O4S/c1-15(6-7-24(22,23)9-15)19-13(20)8-12(18-14(17)21)10-4-2-3-5-11(10)16/h2-5,12H,6-9H2,1H3,(H,19,20)(H3,17,18,21). The zero-order chi connectivity index (χ0) is 18.0. The van der Waals surface area contributed by atoms with Gasteiger partial charge in [-0.2, -0.15) is 0 Å². The lowest BCUT2D eigenvalue weighted by molar-refractivity contribution is -0.123. The van der Waals surface area contributed by atoms with Gasteiger partial charge in [0.05, 0.1) is 29.5 Å². The molecule has 24 heavy (non-hydrogen) atoms. The number of halogens is 1. The minimum atomic E-state index is -3.17. The van der Waals surface area contributed by atoms with Gasteiger partial charge in [0, 0.05) is 5.56 Å². The molecule has 2 unspecified atom stereocenters. The van der Waals surface area contributed by atoms with Crippen molar-refractivity contribution in [1.82, 2.24) is 10.6 Å². The van der Waals surface area contributed by atoms with E-state index in [1.54, 1.807) is 13.0 Å². The van der Waals surface area contributed by atoms with Crippen molar-refractivity contribution in [3.63, 3.8) is 0 Å². The molecule has 1 aromatic rings. The second-order valence-corrected chi connectivity index (χ2v) is 8.42. The van der Waals surface area contributed by atoms with E-state index in [1.165, 1.54) is 18.2 Å². The third-order valence-corrected chi connectivity index (χ3v) is 5.83. The molecule has 3 amide bonds. The van der Waals surface area contributed by atoms with Crippen LogP contribution in [0.2, 0.25) is 0 Å². The lowest BCUT2D eigenvalue weighted by Crippen LogP contribution is -2.48. The first-order valence-corrected chi connectivity index (χ1v) is 9.24. The average molecular weight is 357 g/mol. The van der Waals surface area contributed by atoms with E-state index in [1.807, 2.05) is 0 Å². The molecular formula is C15H20FN3O4S. The molecule has 7 nitrogen and oxygen atoms in total. The highest BCUT2D eigenvalue weighted by molar-refractivity contribution is 7.91. The van der Waals surface area contributed by atoms with Gasteiger partial charge in [-0.15, -0.1) is 0 Å². The van der Waals surface area contributed by atoms with Crippen molar-refractivity contribution in [1.29, 1.82) is 0 Å². The Balaban J connectivity index is 2.11. The third-order valence-electron chi connectivity index (χ3n) is 3.93. The highest BCUT2D eigenvalue weighted by Crippen LogP contribution is 2.25. The van der Waals surface area contributed by atoms with Gasteiger partial charge in [0.25, 0.3) is 0 Å². The maximum absolute atomic E-state index is 13.9. The predicted octanol–water partition coefficient (Wildman–Crippen LogP) is 0.619. The van der Waals surface area contributed by atoms with E-state index < -0.39 is 39.2 Å². The molecule has 2 rings (SSSR count). The van der Waals surface area contributed by atoms with Crippen LogP contribution in [0.5, 0.6) is 0 Å². The molecule has 1 aliphatic rings. The van der Waals surface area contributed by atoms with Crippen LogP contribution in [0.25, 0.3) is 0 Å². The second-order valence-electron chi connectivity index (χ2n) is 6.24. The van der Waals surface area contributed by atoms with Crippen LogP contribution in [-0.4, -0.2) is 37.4 Å². The summed E-state index contributed by atoms with van der Waals surface area (Å²) in [6, 6.07) is 3.91. The van der Waals surface area contributed by atoms with Gasteiger partial charge in [-0.05, 0) is 19.4 Å². The average Bonchev–Trinajstić information content (AvgIpc) is 2.71. The van der Waals surface area contributed by atoms with Gasteiger partial charge in [0.1, 0.15) is 5.82 Å². The molecule has 1 aromatic carbocycles. The normalized spacial score (nSPS) is 23.4. The van der Waals surface area contributed by atoms with Crippen LogP contribution in [0.1, 0.15) is 31.4 Å². The summed E-state index contributed by atoms with van der Waals surface area (Å²) in [4.78, 5) is 23.4. The fourth-order valence-electron chi connectivity index (χ4n) is 2.85. The first-order valence-electron chi connectivity index (χ1n) is 7.42. The molecule has 0 bridgehead atoms. The molecular weight excluding hydrogens is 337 g/mol. The van der Waals surface area contributed by atoms with Crippen molar-refractivity contribution >= 4 is 21.8 Å². The molecule has 0 aromatic heterocycles. The maximum Gasteiger partial charge on any atom is 0.312 e. The minimum Gasteiger partial charge on any atom is -0.352 e. The van der Waals surface area contributed by atoms with Crippen molar-refractivity contribution in [3.8, 4) is 0 Å². The largest absolute Gasteiger partial charge is 0.352 e. The molecule has 1 aliphatic heterocycles. The Kier molecular flexibility index (Phi) is 5.12. The van der Waals surface area contributed by atoms with Gasteiger partial charge < -0.3 is 16.4 Å². The first kappa shape index (κ1) is 18.2. The Morgan fingerprint density at radius 3 is 2.58 bits per heavy atom. The van der Waals surface area contributed by atoms with Crippen LogP contribution in [0.15, 0.2) is 24.3 Å². The van der Waals surface area contributed by atoms with Crippen LogP contribution in [0.3, 0.4) is 0 Å². The summed E-state index contributed by atoms with van der Waals surface area (Å²) < 4.78 is 37.1. The molecule has 2 atom stereocenters. The number of carbonyl (C=O) groups excluding carboxylic acids is 2. The number of primary amides is 1. The van der Waals surface area contributed by atoms with Crippen LogP contribution >= 0.6 is 0 Å².